The summed E-state index contributed by atoms with van der Waals surface area (Å²) >= 11 is 6.23. The number of nitrogens with zero attached hydrogens (tertiary/aromatic N) is 2. The lowest BCUT2D eigenvalue weighted by molar-refractivity contribution is 0.128. The molecule has 1 saturated heterocycles. The van der Waals surface area contributed by atoms with E-state index in [9.17, 15) is 0 Å². The van der Waals surface area contributed by atoms with Crippen molar-refractivity contribution in [3.8, 4) is 0 Å². The summed E-state index contributed by atoms with van der Waals surface area (Å²) < 4.78 is 0. The second-order valence-corrected chi connectivity index (χ2v) is 6.00. The minimum Gasteiger partial charge on any atom is -0.368 e. The van der Waals surface area contributed by atoms with Gasteiger partial charge in [-0.15, -0.1) is 0 Å². The van der Waals surface area contributed by atoms with Crippen LogP contribution >= 0.6 is 11.6 Å². The first-order valence-electron chi connectivity index (χ1n) is 6.23. The van der Waals surface area contributed by atoms with Gasteiger partial charge in [-0.1, -0.05) is 23.7 Å². The molecule has 0 aromatic heterocycles. The molecule has 0 radical (unpaired) electrons. The summed E-state index contributed by atoms with van der Waals surface area (Å²) in [6, 6.07) is 8.11. The zero-order valence-corrected chi connectivity index (χ0v) is 11.7. The highest BCUT2D eigenvalue weighted by atomic mass is 35.5. The van der Waals surface area contributed by atoms with Gasteiger partial charge in [0, 0.05) is 31.7 Å². The fourth-order valence-corrected chi connectivity index (χ4v) is 2.58. The molecule has 0 amide bonds. The molecule has 0 N–H and O–H groups in total. The monoisotopic (exact) mass is 252 g/mol. The summed E-state index contributed by atoms with van der Waals surface area (Å²) in [5.41, 5.74) is 1.44. The number of piperazine rings is 1. The third-order valence-electron chi connectivity index (χ3n) is 3.42. The Morgan fingerprint density at radius 1 is 1.00 bits per heavy atom. The molecule has 0 atom stereocenters. The van der Waals surface area contributed by atoms with Gasteiger partial charge in [0.25, 0.3) is 0 Å². The summed E-state index contributed by atoms with van der Waals surface area (Å²) in [6.07, 6.45) is 0. The van der Waals surface area contributed by atoms with Crippen LogP contribution in [0.3, 0.4) is 0 Å². The Labute approximate surface area is 109 Å². The van der Waals surface area contributed by atoms with Gasteiger partial charge in [-0.3, -0.25) is 4.90 Å². The van der Waals surface area contributed by atoms with E-state index in [4.69, 9.17) is 11.6 Å². The van der Waals surface area contributed by atoms with Crippen LogP contribution in [0.4, 0.5) is 5.69 Å². The SMILES string of the molecule is CC(C)(C)N1CCN(c2ccccc2Cl)CC1. The maximum atomic E-state index is 6.23. The summed E-state index contributed by atoms with van der Waals surface area (Å²) in [5.74, 6) is 0. The van der Waals surface area contributed by atoms with E-state index < -0.39 is 0 Å². The van der Waals surface area contributed by atoms with Crippen molar-refractivity contribution in [1.82, 2.24) is 4.90 Å². The molecular weight excluding hydrogens is 232 g/mol. The van der Waals surface area contributed by atoms with Gasteiger partial charge in [0.2, 0.25) is 0 Å². The number of rotatable bonds is 1. The fraction of sp³-hybridized carbons (Fsp3) is 0.571. The quantitative estimate of drug-likeness (QED) is 0.757. The second-order valence-electron chi connectivity index (χ2n) is 5.60. The average molecular weight is 253 g/mol. The van der Waals surface area contributed by atoms with Crippen molar-refractivity contribution in [2.45, 2.75) is 26.3 Å². The first-order chi connectivity index (χ1) is 7.98. The van der Waals surface area contributed by atoms with Gasteiger partial charge in [0.05, 0.1) is 10.7 Å². The van der Waals surface area contributed by atoms with E-state index in [1.807, 2.05) is 12.1 Å². The van der Waals surface area contributed by atoms with Crippen molar-refractivity contribution in [3.63, 3.8) is 0 Å². The molecule has 94 valence electrons. The van der Waals surface area contributed by atoms with Gasteiger partial charge in [0.15, 0.2) is 0 Å². The molecule has 1 aromatic rings. The number of benzene rings is 1. The van der Waals surface area contributed by atoms with Crippen LogP contribution in [-0.2, 0) is 0 Å². The van der Waals surface area contributed by atoms with Crippen LogP contribution in [0.1, 0.15) is 20.8 Å². The van der Waals surface area contributed by atoms with E-state index in [1.165, 1.54) is 5.69 Å². The highest BCUT2D eigenvalue weighted by Crippen LogP contribution is 2.27. The van der Waals surface area contributed by atoms with Gasteiger partial charge >= 0.3 is 0 Å². The Balaban J connectivity index is 2.03. The molecule has 1 aromatic carbocycles. The highest BCUT2D eigenvalue weighted by molar-refractivity contribution is 6.33. The summed E-state index contributed by atoms with van der Waals surface area (Å²) in [5, 5.41) is 0.858. The van der Waals surface area contributed by atoms with Crippen LogP contribution in [0, 0.1) is 0 Å². The van der Waals surface area contributed by atoms with E-state index in [0.717, 1.165) is 31.2 Å². The van der Waals surface area contributed by atoms with E-state index in [0.29, 0.717) is 0 Å². The van der Waals surface area contributed by atoms with Crippen LogP contribution in [0.15, 0.2) is 24.3 Å². The normalized spacial score (nSPS) is 18.5. The predicted molar refractivity (Wildman–Crippen MR) is 75.0 cm³/mol. The maximum Gasteiger partial charge on any atom is 0.0639 e. The zero-order valence-electron chi connectivity index (χ0n) is 10.9. The summed E-state index contributed by atoms with van der Waals surface area (Å²) in [7, 11) is 0. The van der Waals surface area contributed by atoms with Crippen LogP contribution in [0.25, 0.3) is 0 Å². The number of hydrogen-bond acceptors (Lipinski definition) is 2. The Bertz CT molecular complexity index is 376. The van der Waals surface area contributed by atoms with E-state index in [1.54, 1.807) is 0 Å². The highest BCUT2D eigenvalue weighted by Gasteiger charge is 2.26. The van der Waals surface area contributed by atoms with Gasteiger partial charge in [-0.2, -0.15) is 0 Å². The molecule has 0 bridgehead atoms. The molecule has 1 aliphatic heterocycles. The number of hydrogen-bond donors (Lipinski definition) is 0. The smallest absolute Gasteiger partial charge is 0.0639 e. The third kappa shape index (κ3) is 2.93. The lowest BCUT2D eigenvalue weighted by Crippen LogP contribution is -2.53. The average Bonchev–Trinajstić information content (AvgIpc) is 2.29. The fourth-order valence-electron chi connectivity index (χ4n) is 2.33. The van der Waals surface area contributed by atoms with Crippen LogP contribution in [0.5, 0.6) is 0 Å². The molecule has 2 rings (SSSR count). The van der Waals surface area contributed by atoms with Gasteiger partial charge in [-0.05, 0) is 32.9 Å². The Morgan fingerprint density at radius 3 is 2.12 bits per heavy atom. The number of halogens is 1. The first kappa shape index (κ1) is 12.7. The largest absolute Gasteiger partial charge is 0.368 e. The van der Waals surface area contributed by atoms with Crippen LogP contribution < -0.4 is 4.90 Å². The maximum absolute atomic E-state index is 6.23. The minimum atomic E-state index is 0.270. The molecule has 2 nitrogen and oxygen atoms in total. The first-order valence-corrected chi connectivity index (χ1v) is 6.61. The molecule has 1 heterocycles. The molecule has 1 fully saturated rings. The van der Waals surface area contributed by atoms with E-state index in [-0.39, 0.29) is 5.54 Å². The Kier molecular flexibility index (Phi) is 3.64. The molecular formula is C14H21ClN2. The van der Waals surface area contributed by atoms with Gasteiger partial charge in [-0.25, -0.2) is 0 Å². The Hall–Kier alpha value is -0.730. The summed E-state index contributed by atoms with van der Waals surface area (Å²) in [6.45, 7) is 11.2. The van der Waals surface area contributed by atoms with Crippen molar-refractivity contribution < 1.29 is 0 Å². The predicted octanol–water partition coefficient (Wildman–Crippen LogP) is 3.26. The van der Waals surface area contributed by atoms with Gasteiger partial charge in [0.1, 0.15) is 0 Å². The van der Waals surface area contributed by atoms with Crippen molar-refractivity contribution in [3.05, 3.63) is 29.3 Å². The third-order valence-corrected chi connectivity index (χ3v) is 3.74. The van der Waals surface area contributed by atoms with Crippen LogP contribution in [0.2, 0.25) is 5.02 Å². The van der Waals surface area contributed by atoms with Crippen LogP contribution in [-0.4, -0.2) is 36.6 Å². The van der Waals surface area contributed by atoms with Crippen molar-refractivity contribution in [2.75, 3.05) is 31.1 Å². The molecule has 1 aliphatic rings. The van der Waals surface area contributed by atoms with Crippen molar-refractivity contribution in [2.24, 2.45) is 0 Å². The standard InChI is InChI=1S/C14H21ClN2/c1-14(2,3)17-10-8-16(9-11-17)13-7-5-4-6-12(13)15/h4-7H,8-11H2,1-3H3. The van der Waals surface area contributed by atoms with E-state index in [2.05, 4.69) is 42.7 Å². The second kappa shape index (κ2) is 4.87. The minimum absolute atomic E-state index is 0.270. The number of para-hydroxylation sites is 1. The van der Waals surface area contributed by atoms with Crippen molar-refractivity contribution >= 4 is 17.3 Å². The van der Waals surface area contributed by atoms with Gasteiger partial charge < -0.3 is 4.90 Å². The molecule has 0 aliphatic carbocycles. The van der Waals surface area contributed by atoms with Crippen molar-refractivity contribution in [1.29, 1.82) is 0 Å². The topological polar surface area (TPSA) is 6.48 Å². The molecule has 3 heteroatoms. The number of anilines is 1. The Morgan fingerprint density at radius 2 is 1.59 bits per heavy atom. The zero-order chi connectivity index (χ0) is 12.5. The summed E-state index contributed by atoms with van der Waals surface area (Å²) in [4.78, 5) is 4.91. The van der Waals surface area contributed by atoms with E-state index >= 15 is 0 Å². The molecule has 0 unspecified atom stereocenters. The lowest BCUT2D eigenvalue weighted by Gasteiger charge is -2.43. The molecule has 0 spiro atoms. The lowest BCUT2D eigenvalue weighted by atomic mass is 10.0. The molecule has 17 heavy (non-hydrogen) atoms. The molecule has 0 saturated carbocycles.